The summed E-state index contributed by atoms with van der Waals surface area (Å²) in [6, 6.07) is 0. The maximum absolute atomic E-state index is 11.4. The van der Waals surface area contributed by atoms with Crippen LogP contribution in [0.2, 0.25) is 0 Å². The van der Waals surface area contributed by atoms with Gasteiger partial charge in [0, 0.05) is 18.9 Å². The van der Waals surface area contributed by atoms with Gasteiger partial charge >= 0.3 is 0 Å². The van der Waals surface area contributed by atoms with Crippen molar-refractivity contribution in [1.29, 1.82) is 0 Å². The van der Waals surface area contributed by atoms with Crippen LogP contribution >= 0.6 is 0 Å². The number of ketones is 1. The van der Waals surface area contributed by atoms with Crippen LogP contribution in [0.5, 0.6) is 0 Å². The maximum Gasteiger partial charge on any atom is 0.135 e. The summed E-state index contributed by atoms with van der Waals surface area (Å²) in [6.45, 7) is 0.220. The van der Waals surface area contributed by atoms with E-state index in [0.717, 1.165) is 25.7 Å². The summed E-state index contributed by atoms with van der Waals surface area (Å²) in [7, 11) is 0. The molecule has 0 bridgehead atoms. The molecule has 1 aliphatic rings. The highest BCUT2D eigenvalue weighted by Gasteiger charge is 2.21. The molecule has 0 radical (unpaired) electrons. The minimum absolute atomic E-state index is 0.220. The molecule has 0 aromatic carbocycles. The van der Waals surface area contributed by atoms with Crippen molar-refractivity contribution in [2.75, 3.05) is 6.61 Å². The molecular formula is C10H18O2. The zero-order chi connectivity index (χ0) is 8.81. The first-order valence-electron chi connectivity index (χ1n) is 4.98. The molecule has 1 N–H and O–H groups in total. The Hall–Kier alpha value is -0.370. The highest BCUT2D eigenvalue weighted by Crippen LogP contribution is 2.26. The topological polar surface area (TPSA) is 37.3 Å². The van der Waals surface area contributed by atoms with Crippen molar-refractivity contribution >= 4 is 5.78 Å². The molecule has 1 rings (SSSR count). The Morgan fingerprint density at radius 3 is 2.50 bits per heavy atom. The van der Waals surface area contributed by atoms with Gasteiger partial charge in [0.1, 0.15) is 5.78 Å². The van der Waals surface area contributed by atoms with Crippen LogP contribution in [0, 0.1) is 5.92 Å². The highest BCUT2D eigenvalue weighted by atomic mass is 16.2. The number of unbranched alkanes of at least 4 members (excludes halogenated alkanes) is 1. The fourth-order valence-electron chi connectivity index (χ4n) is 1.86. The van der Waals surface area contributed by atoms with Gasteiger partial charge in [0.15, 0.2) is 0 Å². The van der Waals surface area contributed by atoms with Crippen molar-refractivity contribution in [3.63, 3.8) is 0 Å². The Balaban J connectivity index is 2.10. The lowest BCUT2D eigenvalue weighted by atomic mass is 9.98. The summed E-state index contributed by atoms with van der Waals surface area (Å²) in [5.74, 6) is 0.796. The van der Waals surface area contributed by atoms with Gasteiger partial charge in [-0.1, -0.05) is 12.8 Å². The Labute approximate surface area is 74.0 Å². The van der Waals surface area contributed by atoms with E-state index in [9.17, 15) is 4.79 Å². The summed E-state index contributed by atoms with van der Waals surface area (Å²) in [6.07, 6.45) is 7.01. The molecule has 70 valence electrons. The van der Waals surface area contributed by atoms with Crippen LogP contribution in [0.3, 0.4) is 0 Å². The molecule has 0 heterocycles. The van der Waals surface area contributed by atoms with Crippen LogP contribution in [0.25, 0.3) is 0 Å². The van der Waals surface area contributed by atoms with E-state index in [0.29, 0.717) is 18.1 Å². The van der Waals surface area contributed by atoms with Gasteiger partial charge in [-0.15, -0.1) is 0 Å². The summed E-state index contributed by atoms with van der Waals surface area (Å²) in [5, 5.41) is 8.53. The van der Waals surface area contributed by atoms with E-state index in [1.807, 2.05) is 0 Å². The summed E-state index contributed by atoms with van der Waals surface area (Å²) in [5.41, 5.74) is 0. The number of carbonyl (C=O) groups excluding carboxylic acids is 1. The predicted octanol–water partition coefficient (Wildman–Crippen LogP) is 1.91. The predicted molar refractivity (Wildman–Crippen MR) is 47.9 cm³/mol. The van der Waals surface area contributed by atoms with E-state index in [1.54, 1.807) is 0 Å². The Morgan fingerprint density at radius 2 is 1.92 bits per heavy atom. The van der Waals surface area contributed by atoms with E-state index in [-0.39, 0.29) is 6.61 Å². The lowest BCUT2D eigenvalue weighted by Gasteiger charge is -2.06. The molecule has 1 saturated carbocycles. The summed E-state index contributed by atoms with van der Waals surface area (Å²) >= 11 is 0. The van der Waals surface area contributed by atoms with Crippen molar-refractivity contribution in [1.82, 2.24) is 0 Å². The zero-order valence-corrected chi connectivity index (χ0v) is 7.59. The standard InChI is InChI=1S/C10H18O2/c11-8-4-3-7-10(12)9-5-1-2-6-9/h9,11H,1-8H2. The zero-order valence-electron chi connectivity index (χ0n) is 7.59. The number of aliphatic hydroxyl groups is 1. The SMILES string of the molecule is O=C(CCCCO)C1CCCC1. The molecule has 0 saturated heterocycles. The normalized spacial score (nSPS) is 18.4. The van der Waals surface area contributed by atoms with Crippen LogP contribution in [0.15, 0.2) is 0 Å². The lowest BCUT2D eigenvalue weighted by Crippen LogP contribution is -2.10. The minimum atomic E-state index is 0.220. The van der Waals surface area contributed by atoms with E-state index in [2.05, 4.69) is 0 Å². The third kappa shape index (κ3) is 2.94. The highest BCUT2D eigenvalue weighted by molar-refractivity contribution is 5.81. The molecule has 1 aliphatic carbocycles. The van der Waals surface area contributed by atoms with Gasteiger partial charge in [0.25, 0.3) is 0 Å². The van der Waals surface area contributed by atoms with Crippen LogP contribution in [-0.2, 0) is 4.79 Å². The summed E-state index contributed by atoms with van der Waals surface area (Å²) in [4.78, 5) is 11.4. The third-order valence-electron chi connectivity index (χ3n) is 2.64. The molecule has 0 amide bonds. The monoisotopic (exact) mass is 170 g/mol. The van der Waals surface area contributed by atoms with Crippen molar-refractivity contribution in [2.24, 2.45) is 5.92 Å². The van der Waals surface area contributed by atoms with Gasteiger partial charge in [-0.25, -0.2) is 0 Å². The molecular weight excluding hydrogens is 152 g/mol. The van der Waals surface area contributed by atoms with Crippen molar-refractivity contribution in [3.05, 3.63) is 0 Å². The number of carbonyl (C=O) groups is 1. The van der Waals surface area contributed by atoms with Crippen LogP contribution in [0.4, 0.5) is 0 Å². The van der Waals surface area contributed by atoms with Crippen molar-refractivity contribution < 1.29 is 9.90 Å². The summed E-state index contributed by atoms with van der Waals surface area (Å²) < 4.78 is 0. The lowest BCUT2D eigenvalue weighted by molar-refractivity contribution is -0.122. The number of hydrogen-bond acceptors (Lipinski definition) is 2. The Kier molecular flexibility index (Phi) is 4.30. The fraction of sp³-hybridized carbons (Fsp3) is 0.900. The largest absolute Gasteiger partial charge is 0.396 e. The van der Waals surface area contributed by atoms with Gasteiger partial charge in [-0.05, 0) is 25.7 Å². The quantitative estimate of drug-likeness (QED) is 0.640. The molecule has 0 aliphatic heterocycles. The second-order valence-corrected chi connectivity index (χ2v) is 3.63. The minimum Gasteiger partial charge on any atom is -0.396 e. The number of Topliss-reactive ketones (excluding diaryl/α,β-unsaturated/α-hetero) is 1. The van der Waals surface area contributed by atoms with E-state index in [1.165, 1.54) is 12.8 Å². The van der Waals surface area contributed by atoms with Crippen molar-refractivity contribution in [2.45, 2.75) is 44.9 Å². The first-order chi connectivity index (χ1) is 5.84. The van der Waals surface area contributed by atoms with Crippen LogP contribution < -0.4 is 0 Å². The number of rotatable bonds is 5. The first-order valence-corrected chi connectivity index (χ1v) is 4.98. The Bertz CT molecular complexity index is 137. The average molecular weight is 170 g/mol. The molecule has 0 aromatic heterocycles. The smallest absolute Gasteiger partial charge is 0.135 e. The number of aliphatic hydroxyl groups excluding tert-OH is 1. The molecule has 0 atom stereocenters. The van der Waals surface area contributed by atoms with E-state index in [4.69, 9.17) is 5.11 Å². The van der Waals surface area contributed by atoms with Gasteiger partial charge in [0.05, 0.1) is 0 Å². The molecule has 0 aromatic rings. The third-order valence-corrected chi connectivity index (χ3v) is 2.64. The van der Waals surface area contributed by atoms with E-state index < -0.39 is 0 Å². The first kappa shape index (κ1) is 9.72. The molecule has 2 heteroatoms. The van der Waals surface area contributed by atoms with Crippen LogP contribution in [0.1, 0.15) is 44.9 Å². The van der Waals surface area contributed by atoms with Crippen molar-refractivity contribution in [3.8, 4) is 0 Å². The average Bonchev–Trinajstić information content (AvgIpc) is 2.56. The Morgan fingerprint density at radius 1 is 1.25 bits per heavy atom. The molecule has 0 spiro atoms. The van der Waals surface area contributed by atoms with Gasteiger partial charge < -0.3 is 5.11 Å². The molecule has 0 unspecified atom stereocenters. The van der Waals surface area contributed by atoms with Gasteiger partial charge in [-0.2, -0.15) is 0 Å². The molecule has 2 nitrogen and oxygen atoms in total. The van der Waals surface area contributed by atoms with Gasteiger partial charge in [0.2, 0.25) is 0 Å². The van der Waals surface area contributed by atoms with Gasteiger partial charge in [-0.3, -0.25) is 4.79 Å². The number of hydrogen-bond donors (Lipinski definition) is 1. The van der Waals surface area contributed by atoms with Crippen LogP contribution in [-0.4, -0.2) is 17.5 Å². The second-order valence-electron chi connectivity index (χ2n) is 3.63. The molecule has 1 fully saturated rings. The second kappa shape index (κ2) is 5.31. The molecule has 12 heavy (non-hydrogen) atoms. The maximum atomic E-state index is 11.4. The van der Waals surface area contributed by atoms with E-state index >= 15 is 0 Å². The fourth-order valence-corrected chi connectivity index (χ4v) is 1.86.